The molecular formula is C12H22O3. The van der Waals surface area contributed by atoms with Crippen molar-refractivity contribution in [2.24, 2.45) is 17.3 Å². The van der Waals surface area contributed by atoms with Crippen molar-refractivity contribution >= 4 is 5.97 Å². The maximum absolute atomic E-state index is 11.1. The maximum atomic E-state index is 11.1. The molecule has 0 amide bonds. The molecule has 2 atom stereocenters. The molecule has 0 aliphatic heterocycles. The molecular weight excluding hydrogens is 192 g/mol. The predicted molar refractivity (Wildman–Crippen MR) is 58.5 cm³/mol. The van der Waals surface area contributed by atoms with Gasteiger partial charge in [0.2, 0.25) is 0 Å². The van der Waals surface area contributed by atoms with Crippen LogP contribution in [0.15, 0.2) is 0 Å². The van der Waals surface area contributed by atoms with Crippen LogP contribution in [0.25, 0.3) is 0 Å². The smallest absolute Gasteiger partial charge is 0.307 e. The number of aliphatic hydroxyl groups is 1. The standard InChI is InChI=1S/C12H22O3/c1-8(2)12(15)6-5-9(10(13)14)11(3,4)7-12/h8-9,15H,5-7H2,1-4H3,(H,13,14). The monoisotopic (exact) mass is 214 g/mol. The van der Waals surface area contributed by atoms with Crippen LogP contribution in [0.5, 0.6) is 0 Å². The van der Waals surface area contributed by atoms with E-state index in [1.54, 1.807) is 0 Å². The molecule has 0 spiro atoms. The Balaban J connectivity index is 2.85. The van der Waals surface area contributed by atoms with Gasteiger partial charge >= 0.3 is 5.97 Å². The van der Waals surface area contributed by atoms with Gasteiger partial charge in [-0.05, 0) is 30.6 Å². The molecule has 0 saturated heterocycles. The minimum Gasteiger partial charge on any atom is -0.481 e. The van der Waals surface area contributed by atoms with Gasteiger partial charge in [0.15, 0.2) is 0 Å². The van der Waals surface area contributed by atoms with Gasteiger partial charge in [-0.3, -0.25) is 4.79 Å². The average Bonchev–Trinajstić information content (AvgIpc) is 2.00. The molecule has 0 aromatic carbocycles. The fraction of sp³-hybridized carbons (Fsp3) is 0.917. The Morgan fingerprint density at radius 3 is 2.27 bits per heavy atom. The Morgan fingerprint density at radius 1 is 1.40 bits per heavy atom. The third-order valence-electron chi connectivity index (χ3n) is 3.94. The summed E-state index contributed by atoms with van der Waals surface area (Å²) in [5, 5.41) is 19.5. The van der Waals surface area contributed by atoms with Crippen LogP contribution in [0, 0.1) is 17.3 Å². The zero-order chi connectivity index (χ0) is 11.9. The minimum absolute atomic E-state index is 0.187. The highest BCUT2D eigenvalue weighted by atomic mass is 16.4. The number of hydrogen-bond acceptors (Lipinski definition) is 2. The molecule has 0 aromatic rings. The Hall–Kier alpha value is -0.570. The van der Waals surface area contributed by atoms with Gasteiger partial charge in [0.25, 0.3) is 0 Å². The van der Waals surface area contributed by atoms with E-state index in [0.29, 0.717) is 19.3 Å². The highest BCUT2D eigenvalue weighted by Gasteiger charge is 2.48. The number of rotatable bonds is 2. The third-order valence-corrected chi connectivity index (χ3v) is 3.94. The highest BCUT2D eigenvalue weighted by molar-refractivity contribution is 5.71. The summed E-state index contributed by atoms with van der Waals surface area (Å²) < 4.78 is 0. The molecule has 1 saturated carbocycles. The molecule has 3 nitrogen and oxygen atoms in total. The molecule has 1 aliphatic rings. The summed E-state index contributed by atoms with van der Waals surface area (Å²) >= 11 is 0. The van der Waals surface area contributed by atoms with Crippen LogP contribution in [-0.4, -0.2) is 21.8 Å². The number of carboxylic acids is 1. The quantitative estimate of drug-likeness (QED) is 0.741. The third kappa shape index (κ3) is 2.33. The Morgan fingerprint density at radius 2 is 1.93 bits per heavy atom. The number of hydrogen-bond donors (Lipinski definition) is 2. The topological polar surface area (TPSA) is 57.5 Å². The van der Waals surface area contributed by atoms with E-state index in [2.05, 4.69) is 0 Å². The summed E-state index contributed by atoms with van der Waals surface area (Å²) in [7, 11) is 0. The lowest BCUT2D eigenvalue weighted by atomic mass is 9.61. The lowest BCUT2D eigenvalue weighted by molar-refractivity contribution is -0.156. The van der Waals surface area contributed by atoms with Gasteiger partial charge in [0.05, 0.1) is 11.5 Å². The second kappa shape index (κ2) is 3.78. The van der Waals surface area contributed by atoms with Crippen LogP contribution in [0.4, 0.5) is 0 Å². The molecule has 0 aromatic heterocycles. The molecule has 15 heavy (non-hydrogen) atoms. The van der Waals surface area contributed by atoms with Gasteiger partial charge < -0.3 is 10.2 Å². The van der Waals surface area contributed by atoms with E-state index in [9.17, 15) is 9.90 Å². The molecule has 2 unspecified atom stereocenters. The normalized spacial score (nSPS) is 35.5. The molecule has 88 valence electrons. The Labute approximate surface area is 91.5 Å². The first kappa shape index (κ1) is 12.5. The summed E-state index contributed by atoms with van der Waals surface area (Å²) in [5.41, 5.74) is -1.00. The van der Waals surface area contributed by atoms with Crippen LogP contribution >= 0.6 is 0 Å². The SMILES string of the molecule is CC(C)C1(O)CCC(C(=O)O)C(C)(C)C1. The average molecular weight is 214 g/mol. The fourth-order valence-corrected chi connectivity index (χ4v) is 2.74. The first-order valence-electron chi connectivity index (χ1n) is 5.64. The maximum Gasteiger partial charge on any atom is 0.307 e. The molecule has 1 aliphatic carbocycles. The zero-order valence-corrected chi connectivity index (χ0v) is 10.1. The fourth-order valence-electron chi connectivity index (χ4n) is 2.74. The molecule has 0 radical (unpaired) electrons. The molecule has 3 heteroatoms. The minimum atomic E-state index is -0.731. The second-order valence-electron chi connectivity index (χ2n) is 5.85. The van der Waals surface area contributed by atoms with Crippen LogP contribution in [0.3, 0.4) is 0 Å². The van der Waals surface area contributed by atoms with Gasteiger partial charge in [-0.1, -0.05) is 27.7 Å². The number of carbonyl (C=O) groups is 1. The van der Waals surface area contributed by atoms with E-state index in [1.165, 1.54) is 0 Å². The van der Waals surface area contributed by atoms with Crippen LogP contribution < -0.4 is 0 Å². The predicted octanol–water partition coefficient (Wildman–Crippen LogP) is 2.28. The Kier molecular flexibility index (Phi) is 3.15. The van der Waals surface area contributed by atoms with Crippen LogP contribution in [0.1, 0.15) is 47.0 Å². The van der Waals surface area contributed by atoms with Crippen molar-refractivity contribution in [1.82, 2.24) is 0 Å². The Bertz CT molecular complexity index is 258. The summed E-state index contributed by atoms with van der Waals surface area (Å²) in [6.45, 7) is 7.88. The van der Waals surface area contributed by atoms with Crippen molar-refractivity contribution < 1.29 is 15.0 Å². The van der Waals surface area contributed by atoms with Gasteiger partial charge in [0, 0.05) is 0 Å². The van der Waals surface area contributed by atoms with Gasteiger partial charge in [0.1, 0.15) is 0 Å². The lowest BCUT2D eigenvalue weighted by Crippen LogP contribution is -2.48. The first-order valence-corrected chi connectivity index (χ1v) is 5.64. The van der Waals surface area contributed by atoms with Crippen molar-refractivity contribution in [2.45, 2.75) is 52.6 Å². The zero-order valence-electron chi connectivity index (χ0n) is 10.1. The molecule has 0 bridgehead atoms. The summed E-state index contributed by atoms with van der Waals surface area (Å²) in [6, 6.07) is 0. The van der Waals surface area contributed by atoms with Crippen molar-refractivity contribution in [3.8, 4) is 0 Å². The lowest BCUT2D eigenvalue weighted by Gasteiger charge is -2.47. The highest BCUT2D eigenvalue weighted by Crippen LogP contribution is 2.47. The van der Waals surface area contributed by atoms with Gasteiger partial charge in [-0.15, -0.1) is 0 Å². The van der Waals surface area contributed by atoms with E-state index >= 15 is 0 Å². The van der Waals surface area contributed by atoms with E-state index in [-0.39, 0.29) is 17.3 Å². The summed E-state index contributed by atoms with van der Waals surface area (Å²) in [6.07, 6.45) is 1.76. The molecule has 1 fully saturated rings. The van der Waals surface area contributed by atoms with Crippen molar-refractivity contribution in [3.63, 3.8) is 0 Å². The van der Waals surface area contributed by atoms with Gasteiger partial charge in [-0.25, -0.2) is 0 Å². The van der Waals surface area contributed by atoms with E-state index in [1.807, 2.05) is 27.7 Å². The molecule has 0 heterocycles. The summed E-state index contributed by atoms with van der Waals surface area (Å²) in [5.74, 6) is -0.867. The summed E-state index contributed by atoms with van der Waals surface area (Å²) in [4.78, 5) is 11.1. The van der Waals surface area contributed by atoms with Crippen LogP contribution in [0.2, 0.25) is 0 Å². The van der Waals surface area contributed by atoms with Crippen molar-refractivity contribution in [3.05, 3.63) is 0 Å². The van der Waals surface area contributed by atoms with Gasteiger partial charge in [-0.2, -0.15) is 0 Å². The van der Waals surface area contributed by atoms with E-state index in [0.717, 1.165) is 0 Å². The van der Waals surface area contributed by atoms with Crippen LogP contribution in [-0.2, 0) is 4.79 Å². The second-order valence-corrected chi connectivity index (χ2v) is 5.85. The molecule has 1 rings (SSSR count). The first-order chi connectivity index (χ1) is 6.69. The van der Waals surface area contributed by atoms with E-state index < -0.39 is 11.6 Å². The largest absolute Gasteiger partial charge is 0.481 e. The number of aliphatic carboxylic acids is 1. The van der Waals surface area contributed by atoms with Crippen molar-refractivity contribution in [1.29, 1.82) is 0 Å². The van der Waals surface area contributed by atoms with Crippen molar-refractivity contribution in [2.75, 3.05) is 0 Å². The molecule has 2 N–H and O–H groups in total. The van der Waals surface area contributed by atoms with E-state index in [4.69, 9.17) is 5.11 Å². The number of carboxylic acid groups (broad SMARTS) is 1.